The number of carbonyl (C=O) groups is 1. The molecule has 0 spiro atoms. The van der Waals surface area contributed by atoms with Crippen LogP contribution in [-0.4, -0.2) is 24.7 Å². The third-order valence-electron chi connectivity index (χ3n) is 5.91. The molecular formula is C25H26N2O3S. The number of hydrogen-bond acceptors (Lipinski definition) is 3. The molecule has 0 unspecified atom stereocenters. The van der Waals surface area contributed by atoms with E-state index in [2.05, 4.69) is 5.32 Å². The Kier molecular flexibility index (Phi) is 5.69. The second-order valence-corrected chi connectivity index (χ2v) is 10.0. The van der Waals surface area contributed by atoms with Gasteiger partial charge in [-0.15, -0.1) is 0 Å². The molecule has 0 fully saturated rings. The van der Waals surface area contributed by atoms with Gasteiger partial charge in [-0.25, -0.2) is 8.42 Å². The van der Waals surface area contributed by atoms with Gasteiger partial charge in [-0.1, -0.05) is 48.0 Å². The highest BCUT2D eigenvalue weighted by Gasteiger charge is 2.39. The number of nitrogens with zero attached hydrogens (tertiary/aromatic N) is 1. The molecule has 5 nitrogen and oxygen atoms in total. The number of amides is 1. The molecular weight excluding hydrogens is 408 g/mol. The van der Waals surface area contributed by atoms with Gasteiger partial charge in [0.1, 0.15) is 6.04 Å². The highest BCUT2D eigenvalue weighted by atomic mass is 32.2. The molecule has 1 atom stereocenters. The first-order chi connectivity index (χ1) is 14.8. The van der Waals surface area contributed by atoms with Crippen LogP contribution in [0, 0.1) is 20.8 Å². The van der Waals surface area contributed by atoms with Crippen molar-refractivity contribution in [1.29, 1.82) is 0 Å². The zero-order chi connectivity index (χ0) is 22.2. The standard InChI is InChI=1S/C25H26N2O3S/c1-17-8-12-23(13-9-17)31(29,30)27-16-21-7-5-4-6-20(21)15-24(27)25(28)26-22-11-10-18(2)19(3)14-22/h4-14,24H,15-16H2,1-3H3,(H,26,28)/t24-/m0/s1. The van der Waals surface area contributed by atoms with E-state index < -0.39 is 16.1 Å². The van der Waals surface area contributed by atoms with Crippen molar-refractivity contribution in [3.8, 4) is 0 Å². The third-order valence-corrected chi connectivity index (χ3v) is 7.78. The summed E-state index contributed by atoms with van der Waals surface area (Å²) < 4.78 is 28.4. The minimum Gasteiger partial charge on any atom is -0.325 e. The van der Waals surface area contributed by atoms with Crippen molar-refractivity contribution in [1.82, 2.24) is 4.31 Å². The Balaban J connectivity index is 1.71. The largest absolute Gasteiger partial charge is 0.325 e. The Bertz CT molecular complexity index is 1230. The monoisotopic (exact) mass is 434 g/mol. The lowest BCUT2D eigenvalue weighted by Crippen LogP contribution is -2.50. The number of carbonyl (C=O) groups excluding carboxylic acids is 1. The van der Waals surface area contributed by atoms with E-state index in [1.807, 2.05) is 63.2 Å². The van der Waals surface area contributed by atoms with E-state index in [1.165, 1.54) is 4.31 Å². The summed E-state index contributed by atoms with van der Waals surface area (Å²) in [5.74, 6) is -0.326. The van der Waals surface area contributed by atoms with Crippen molar-refractivity contribution in [3.05, 3.63) is 94.5 Å². The number of nitrogens with one attached hydrogen (secondary N) is 1. The van der Waals surface area contributed by atoms with E-state index in [1.54, 1.807) is 24.3 Å². The van der Waals surface area contributed by atoms with E-state index in [0.29, 0.717) is 12.1 Å². The minimum atomic E-state index is -3.85. The van der Waals surface area contributed by atoms with Gasteiger partial charge < -0.3 is 5.32 Å². The lowest BCUT2D eigenvalue weighted by molar-refractivity contribution is -0.120. The summed E-state index contributed by atoms with van der Waals surface area (Å²) in [6.07, 6.45) is 0.331. The Hall–Kier alpha value is -2.96. The second-order valence-electron chi connectivity index (χ2n) is 8.14. The van der Waals surface area contributed by atoms with Crippen molar-refractivity contribution in [3.63, 3.8) is 0 Å². The molecule has 1 N–H and O–H groups in total. The molecule has 1 aliphatic rings. The summed E-state index contributed by atoms with van der Waals surface area (Å²) in [5, 5.41) is 2.93. The molecule has 1 amide bonds. The lowest BCUT2D eigenvalue weighted by Gasteiger charge is -2.35. The maximum atomic E-state index is 13.5. The predicted octanol–water partition coefficient (Wildman–Crippen LogP) is 4.37. The highest BCUT2D eigenvalue weighted by molar-refractivity contribution is 7.89. The van der Waals surface area contributed by atoms with Crippen molar-refractivity contribution in [2.24, 2.45) is 0 Å². The highest BCUT2D eigenvalue weighted by Crippen LogP contribution is 2.30. The molecule has 6 heteroatoms. The van der Waals surface area contributed by atoms with Crippen LogP contribution >= 0.6 is 0 Å². The van der Waals surface area contributed by atoms with Crippen LogP contribution in [-0.2, 0) is 27.8 Å². The normalized spacial score (nSPS) is 16.5. The lowest BCUT2D eigenvalue weighted by atomic mass is 9.95. The van der Waals surface area contributed by atoms with Gasteiger partial charge in [0, 0.05) is 12.2 Å². The fraction of sp³-hybridized carbons (Fsp3) is 0.240. The molecule has 1 aliphatic heterocycles. The van der Waals surface area contributed by atoms with E-state index in [-0.39, 0.29) is 17.3 Å². The van der Waals surface area contributed by atoms with Crippen molar-refractivity contribution < 1.29 is 13.2 Å². The molecule has 0 saturated heterocycles. The molecule has 4 rings (SSSR count). The number of hydrogen-bond donors (Lipinski definition) is 1. The molecule has 3 aromatic carbocycles. The average Bonchev–Trinajstić information content (AvgIpc) is 2.75. The predicted molar refractivity (Wildman–Crippen MR) is 122 cm³/mol. The molecule has 0 saturated carbocycles. The summed E-state index contributed by atoms with van der Waals surface area (Å²) in [5.41, 5.74) is 5.77. The van der Waals surface area contributed by atoms with Gasteiger partial charge in [0.2, 0.25) is 15.9 Å². The molecule has 3 aromatic rings. The van der Waals surface area contributed by atoms with Gasteiger partial charge in [-0.05, 0) is 73.7 Å². The number of anilines is 1. The zero-order valence-electron chi connectivity index (χ0n) is 17.9. The van der Waals surface area contributed by atoms with E-state index in [0.717, 1.165) is 27.8 Å². The Morgan fingerprint density at radius 1 is 0.903 bits per heavy atom. The third kappa shape index (κ3) is 4.27. The van der Waals surface area contributed by atoms with Crippen molar-refractivity contribution >= 4 is 21.6 Å². The summed E-state index contributed by atoms with van der Waals surface area (Å²) in [4.78, 5) is 13.5. The number of sulfonamides is 1. The maximum absolute atomic E-state index is 13.5. The number of rotatable bonds is 4. The first kappa shape index (κ1) is 21.3. The first-order valence-corrected chi connectivity index (χ1v) is 11.7. The summed E-state index contributed by atoms with van der Waals surface area (Å²) in [7, 11) is -3.85. The number of aryl methyl sites for hydroxylation is 3. The van der Waals surface area contributed by atoms with Crippen LogP contribution < -0.4 is 5.32 Å². The molecule has 31 heavy (non-hydrogen) atoms. The number of fused-ring (bicyclic) bond motifs is 1. The van der Waals surface area contributed by atoms with Crippen molar-refractivity contribution in [2.75, 3.05) is 5.32 Å². The molecule has 160 valence electrons. The number of benzene rings is 3. The maximum Gasteiger partial charge on any atom is 0.244 e. The van der Waals surface area contributed by atoms with Gasteiger partial charge in [-0.3, -0.25) is 4.79 Å². The Morgan fingerprint density at radius 3 is 2.26 bits per heavy atom. The van der Waals surface area contributed by atoms with Gasteiger partial charge in [0.05, 0.1) is 4.90 Å². The van der Waals surface area contributed by atoms with Crippen LogP contribution in [0.25, 0.3) is 0 Å². The average molecular weight is 435 g/mol. The Morgan fingerprint density at radius 2 is 1.58 bits per heavy atom. The van der Waals surface area contributed by atoms with Crippen LogP contribution in [0.3, 0.4) is 0 Å². The van der Waals surface area contributed by atoms with Gasteiger partial charge in [-0.2, -0.15) is 4.31 Å². The summed E-state index contributed by atoms with van der Waals surface area (Å²) in [6.45, 7) is 6.07. The van der Waals surface area contributed by atoms with Crippen LogP contribution in [0.4, 0.5) is 5.69 Å². The summed E-state index contributed by atoms with van der Waals surface area (Å²) >= 11 is 0. The minimum absolute atomic E-state index is 0.164. The van der Waals surface area contributed by atoms with Crippen LogP contribution in [0.15, 0.2) is 71.6 Å². The molecule has 0 aliphatic carbocycles. The second kappa shape index (κ2) is 8.29. The zero-order valence-corrected chi connectivity index (χ0v) is 18.7. The fourth-order valence-electron chi connectivity index (χ4n) is 3.87. The van der Waals surface area contributed by atoms with E-state index in [4.69, 9.17) is 0 Å². The molecule has 0 bridgehead atoms. The van der Waals surface area contributed by atoms with E-state index >= 15 is 0 Å². The van der Waals surface area contributed by atoms with Gasteiger partial charge in [0.15, 0.2) is 0 Å². The van der Waals surface area contributed by atoms with Gasteiger partial charge >= 0.3 is 0 Å². The van der Waals surface area contributed by atoms with Crippen molar-refractivity contribution in [2.45, 2.75) is 44.7 Å². The Labute approximate surface area is 183 Å². The smallest absolute Gasteiger partial charge is 0.244 e. The SMILES string of the molecule is Cc1ccc(S(=O)(=O)N2Cc3ccccc3C[C@H]2C(=O)Nc2ccc(C)c(C)c2)cc1. The quantitative estimate of drug-likeness (QED) is 0.663. The van der Waals surface area contributed by atoms with Crippen LogP contribution in [0.1, 0.15) is 27.8 Å². The van der Waals surface area contributed by atoms with Crippen LogP contribution in [0.5, 0.6) is 0 Å². The molecule has 0 aromatic heterocycles. The molecule has 1 heterocycles. The first-order valence-electron chi connectivity index (χ1n) is 10.3. The van der Waals surface area contributed by atoms with E-state index in [9.17, 15) is 13.2 Å². The summed E-state index contributed by atoms with van der Waals surface area (Å²) in [6, 6.07) is 19.3. The van der Waals surface area contributed by atoms with Crippen LogP contribution in [0.2, 0.25) is 0 Å². The van der Waals surface area contributed by atoms with Gasteiger partial charge in [0.25, 0.3) is 0 Å². The fourth-order valence-corrected chi connectivity index (χ4v) is 5.43. The molecule has 0 radical (unpaired) electrons. The topological polar surface area (TPSA) is 66.5 Å².